The summed E-state index contributed by atoms with van der Waals surface area (Å²) in [6, 6.07) is 4.35. The summed E-state index contributed by atoms with van der Waals surface area (Å²) in [7, 11) is 0. The van der Waals surface area contributed by atoms with Gasteiger partial charge in [0.2, 0.25) is 0 Å². The number of urea groups is 1. The molecule has 1 spiro atoms. The van der Waals surface area contributed by atoms with Gasteiger partial charge >= 0.3 is 6.03 Å². The topological polar surface area (TPSA) is 50.8 Å². The van der Waals surface area contributed by atoms with Crippen molar-refractivity contribution in [2.45, 2.75) is 40.2 Å². The van der Waals surface area contributed by atoms with Crippen LogP contribution in [0.2, 0.25) is 0 Å². The zero-order valence-electron chi connectivity index (χ0n) is 15.7. The molecular weight excluding hydrogens is 316 g/mol. The number of carbonyl (C=O) groups is 1. The molecule has 25 heavy (non-hydrogen) atoms. The van der Waals surface area contributed by atoms with E-state index in [0.29, 0.717) is 19.7 Å². The fraction of sp³-hybridized carbons (Fsp3) is 0.650. The predicted octanol–water partition coefficient (Wildman–Crippen LogP) is 2.95. The van der Waals surface area contributed by atoms with Crippen molar-refractivity contribution in [1.82, 2.24) is 10.2 Å². The van der Waals surface area contributed by atoms with Gasteiger partial charge in [-0.25, -0.2) is 4.79 Å². The molecule has 3 rings (SSSR count). The fourth-order valence-electron chi connectivity index (χ4n) is 4.04. The minimum atomic E-state index is 0.00995. The summed E-state index contributed by atoms with van der Waals surface area (Å²) in [6.45, 7) is 11.2. The van der Waals surface area contributed by atoms with E-state index in [9.17, 15) is 4.79 Å². The number of hydrogen-bond donors (Lipinski definition) is 1. The summed E-state index contributed by atoms with van der Waals surface area (Å²) < 4.78 is 11.3. The molecule has 2 heterocycles. The average Bonchev–Trinajstić information content (AvgIpc) is 2.77. The number of hydrogen-bond acceptors (Lipinski definition) is 3. The Hall–Kier alpha value is -1.59. The molecule has 0 radical (unpaired) electrons. The van der Waals surface area contributed by atoms with E-state index in [0.717, 1.165) is 39.2 Å². The molecule has 0 aromatic heterocycles. The van der Waals surface area contributed by atoms with Gasteiger partial charge in [0, 0.05) is 38.3 Å². The van der Waals surface area contributed by atoms with Crippen LogP contribution >= 0.6 is 0 Å². The smallest absolute Gasteiger partial charge is 0.317 e. The molecule has 0 saturated carbocycles. The van der Waals surface area contributed by atoms with Crippen molar-refractivity contribution in [3.8, 4) is 0 Å². The van der Waals surface area contributed by atoms with E-state index >= 15 is 0 Å². The molecule has 0 unspecified atom stereocenters. The molecule has 2 aliphatic heterocycles. The summed E-state index contributed by atoms with van der Waals surface area (Å²) in [6.07, 6.45) is 1.93. The molecule has 0 bridgehead atoms. The van der Waals surface area contributed by atoms with Gasteiger partial charge in [0.1, 0.15) is 0 Å². The minimum absolute atomic E-state index is 0.00995. The maximum atomic E-state index is 12.8. The Kier molecular flexibility index (Phi) is 5.64. The molecule has 1 aromatic carbocycles. The van der Waals surface area contributed by atoms with Crippen LogP contribution in [-0.4, -0.2) is 50.4 Å². The molecule has 2 fully saturated rings. The SMILES string of the molecule is Cc1cc(C)c(CNC(=O)N2CCOCC3(CCOCC3)C2)c(C)c1. The van der Waals surface area contributed by atoms with Crippen LogP contribution in [0.15, 0.2) is 12.1 Å². The van der Waals surface area contributed by atoms with Crippen LogP contribution in [0.25, 0.3) is 0 Å². The summed E-state index contributed by atoms with van der Waals surface area (Å²) in [5.74, 6) is 0. The Morgan fingerprint density at radius 2 is 1.80 bits per heavy atom. The van der Waals surface area contributed by atoms with Crippen molar-refractivity contribution in [1.29, 1.82) is 0 Å². The highest BCUT2D eigenvalue weighted by Gasteiger charge is 2.37. The molecule has 0 atom stereocenters. The summed E-state index contributed by atoms with van der Waals surface area (Å²) in [5.41, 5.74) is 5.00. The second-order valence-corrected chi connectivity index (χ2v) is 7.62. The monoisotopic (exact) mass is 346 g/mol. The fourth-order valence-corrected chi connectivity index (χ4v) is 4.04. The predicted molar refractivity (Wildman–Crippen MR) is 97.8 cm³/mol. The van der Waals surface area contributed by atoms with Crippen LogP contribution in [0.1, 0.15) is 35.1 Å². The quantitative estimate of drug-likeness (QED) is 0.896. The van der Waals surface area contributed by atoms with Gasteiger partial charge in [-0.1, -0.05) is 17.7 Å². The van der Waals surface area contributed by atoms with Gasteiger partial charge in [0.15, 0.2) is 0 Å². The second kappa shape index (κ2) is 7.75. The lowest BCUT2D eigenvalue weighted by Crippen LogP contribution is -2.48. The molecule has 138 valence electrons. The average molecular weight is 346 g/mol. The minimum Gasteiger partial charge on any atom is -0.381 e. The molecule has 0 aliphatic carbocycles. The Balaban J connectivity index is 1.64. The van der Waals surface area contributed by atoms with E-state index in [2.05, 4.69) is 38.2 Å². The van der Waals surface area contributed by atoms with Crippen molar-refractivity contribution in [2.24, 2.45) is 5.41 Å². The third-order valence-corrected chi connectivity index (χ3v) is 5.54. The van der Waals surface area contributed by atoms with Crippen LogP contribution in [0.5, 0.6) is 0 Å². The summed E-state index contributed by atoms with van der Waals surface area (Å²) in [4.78, 5) is 14.7. The third-order valence-electron chi connectivity index (χ3n) is 5.54. The van der Waals surface area contributed by atoms with Gasteiger partial charge in [-0.3, -0.25) is 0 Å². The van der Waals surface area contributed by atoms with Crippen molar-refractivity contribution >= 4 is 6.03 Å². The number of aryl methyl sites for hydroxylation is 3. The molecular formula is C20H30N2O3. The Morgan fingerprint density at radius 1 is 1.12 bits per heavy atom. The number of ether oxygens (including phenoxy) is 2. The van der Waals surface area contributed by atoms with E-state index in [1.165, 1.54) is 22.3 Å². The normalized spacial score (nSPS) is 20.4. The van der Waals surface area contributed by atoms with Crippen molar-refractivity contribution in [3.63, 3.8) is 0 Å². The summed E-state index contributed by atoms with van der Waals surface area (Å²) >= 11 is 0. The Bertz CT molecular complexity index is 600. The van der Waals surface area contributed by atoms with E-state index in [1.807, 2.05) is 4.90 Å². The number of nitrogens with one attached hydrogen (secondary N) is 1. The number of nitrogens with zero attached hydrogens (tertiary/aromatic N) is 1. The molecule has 2 amide bonds. The molecule has 5 heteroatoms. The van der Waals surface area contributed by atoms with Gasteiger partial charge in [0.25, 0.3) is 0 Å². The van der Waals surface area contributed by atoms with Crippen LogP contribution in [-0.2, 0) is 16.0 Å². The molecule has 1 N–H and O–H groups in total. The van der Waals surface area contributed by atoms with Gasteiger partial charge in [-0.2, -0.15) is 0 Å². The maximum Gasteiger partial charge on any atom is 0.317 e. The highest BCUT2D eigenvalue weighted by molar-refractivity contribution is 5.74. The largest absolute Gasteiger partial charge is 0.381 e. The molecule has 2 aliphatic rings. The lowest BCUT2D eigenvalue weighted by Gasteiger charge is -2.38. The van der Waals surface area contributed by atoms with Crippen molar-refractivity contribution in [3.05, 3.63) is 34.4 Å². The first-order chi connectivity index (χ1) is 12.0. The number of amides is 2. The Morgan fingerprint density at radius 3 is 2.48 bits per heavy atom. The van der Waals surface area contributed by atoms with Crippen LogP contribution < -0.4 is 5.32 Å². The standard InChI is InChI=1S/C20H30N2O3/c1-15-10-16(2)18(17(3)11-15)12-21-19(23)22-6-9-25-14-20(13-22)4-7-24-8-5-20/h10-11H,4-9,12-14H2,1-3H3,(H,21,23). The van der Waals surface area contributed by atoms with Gasteiger partial charge in [-0.15, -0.1) is 0 Å². The molecule has 2 saturated heterocycles. The lowest BCUT2D eigenvalue weighted by atomic mass is 9.80. The van der Waals surface area contributed by atoms with E-state index in [4.69, 9.17) is 9.47 Å². The number of carbonyl (C=O) groups excluding carboxylic acids is 1. The van der Waals surface area contributed by atoms with E-state index in [-0.39, 0.29) is 11.4 Å². The van der Waals surface area contributed by atoms with Gasteiger partial charge in [0.05, 0.1) is 13.2 Å². The molecule has 1 aromatic rings. The van der Waals surface area contributed by atoms with E-state index < -0.39 is 0 Å². The maximum absolute atomic E-state index is 12.8. The van der Waals surface area contributed by atoms with E-state index in [1.54, 1.807) is 0 Å². The zero-order valence-corrected chi connectivity index (χ0v) is 15.7. The first kappa shape index (κ1) is 18.2. The highest BCUT2D eigenvalue weighted by atomic mass is 16.5. The van der Waals surface area contributed by atoms with Gasteiger partial charge < -0.3 is 19.7 Å². The molecule has 5 nitrogen and oxygen atoms in total. The number of rotatable bonds is 2. The Labute approximate surface area is 150 Å². The number of benzene rings is 1. The van der Waals surface area contributed by atoms with Crippen LogP contribution in [0.3, 0.4) is 0 Å². The zero-order chi connectivity index (χ0) is 17.9. The van der Waals surface area contributed by atoms with Crippen molar-refractivity contribution < 1.29 is 14.3 Å². The van der Waals surface area contributed by atoms with Gasteiger partial charge in [-0.05, 0) is 50.3 Å². The lowest BCUT2D eigenvalue weighted by molar-refractivity contribution is -0.0295. The first-order valence-corrected chi connectivity index (χ1v) is 9.24. The first-order valence-electron chi connectivity index (χ1n) is 9.24. The van der Waals surface area contributed by atoms with Crippen LogP contribution in [0, 0.1) is 26.2 Å². The third kappa shape index (κ3) is 4.33. The van der Waals surface area contributed by atoms with Crippen molar-refractivity contribution in [2.75, 3.05) is 39.5 Å². The van der Waals surface area contributed by atoms with Crippen LogP contribution in [0.4, 0.5) is 4.79 Å². The summed E-state index contributed by atoms with van der Waals surface area (Å²) in [5, 5.41) is 3.12. The highest BCUT2D eigenvalue weighted by Crippen LogP contribution is 2.33. The second-order valence-electron chi connectivity index (χ2n) is 7.62.